The van der Waals surface area contributed by atoms with Crippen molar-refractivity contribution in [2.24, 2.45) is 7.05 Å². The van der Waals surface area contributed by atoms with E-state index in [0.29, 0.717) is 37.8 Å². The molecule has 1 fully saturated rings. The lowest BCUT2D eigenvalue weighted by molar-refractivity contribution is 0.495. The number of aromatic nitrogens is 5. The molecular weight excluding hydrogens is 372 g/mol. The molecule has 1 aliphatic heterocycles. The first-order chi connectivity index (χ1) is 13.5. The maximum Gasteiger partial charge on any atom is 0.282 e. The summed E-state index contributed by atoms with van der Waals surface area (Å²) in [5.41, 5.74) is -0.0147. The Morgan fingerprint density at radius 1 is 1.18 bits per heavy atom. The number of anilines is 2. The molecule has 0 aliphatic carbocycles. The number of rotatable bonds is 3. The normalized spacial score (nSPS) is 14.4. The Morgan fingerprint density at radius 3 is 2.46 bits per heavy atom. The molecule has 1 saturated heterocycles. The smallest absolute Gasteiger partial charge is 0.282 e. The van der Waals surface area contributed by atoms with Crippen molar-refractivity contribution in [3.63, 3.8) is 0 Å². The molecule has 1 N–H and O–H groups in total. The molecule has 1 aromatic carbocycles. The SMILES string of the molecule is C#COc1cc(F)c(N2CCN(c3nc4c(nnn4C)c(=O)[nH]3)CC2)c(F)c1. The Labute approximate surface area is 157 Å². The van der Waals surface area contributed by atoms with Gasteiger partial charge in [0.15, 0.2) is 22.8 Å². The van der Waals surface area contributed by atoms with Crippen LogP contribution in [0.4, 0.5) is 20.4 Å². The van der Waals surface area contributed by atoms with Crippen molar-refractivity contribution in [2.75, 3.05) is 36.0 Å². The number of nitrogens with one attached hydrogen (secondary N) is 1. The number of fused-ring (bicyclic) bond motifs is 1. The molecule has 144 valence electrons. The summed E-state index contributed by atoms with van der Waals surface area (Å²) < 4.78 is 34.8. The highest BCUT2D eigenvalue weighted by atomic mass is 19.1. The minimum absolute atomic E-state index is 0.0697. The van der Waals surface area contributed by atoms with Gasteiger partial charge in [0, 0.05) is 45.4 Å². The number of hydrogen-bond acceptors (Lipinski definition) is 7. The van der Waals surface area contributed by atoms with Gasteiger partial charge in [0.05, 0.1) is 0 Å². The molecule has 0 saturated carbocycles. The van der Waals surface area contributed by atoms with E-state index in [1.807, 2.05) is 11.0 Å². The zero-order valence-electron chi connectivity index (χ0n) is 14.8. The maximum absolute atomic E-state index is 14.4. The van der Waals surface area contributed by atoms with Gasteiger partial charge in [0.2, 0.25) is 5.95 Å². The number of ether oxygens (including phenoxy) is 1. The van der Waals surface area contributed by atoms with E-state index in [-0.39, 0.29) is 17.0 Å². The molecule has 0 bridgehead atoms. The summed E-state index contributed by atoms with van der Waals surface area (Å²) in [6, 6.07) is 2.10. The molecule has 9 nitrogen and oxygen atoms in total. The number of H-pyrrole nitrogens is 1. The summed E-state index contributed by atoms with van der Waals surface area (Å²) in [4.78, 5) is 22.6. The van der Waals surface area contributed by atoms with E-state index in [1.54, 1.807) is 11.9 Å². The average Bonchev–Trinajstić information content (AvgIpc) is 3.04. The summed E-state index contributed by atoms with van der Waals surface area (Å²) in [5.74, 6) is -1.22. The van der Waals surface area contributed by atoms with Crippen molar-refractivity contribution in [3.8, 4) is 18.3 Å². The number of piperazine rings is 1. The second-order valence-electron chi connectivity index (χ2n) is 6.20. The molecule has 3 aromatic rings. The number of terminal acetylenes is 1. The van der Waals surface area contributed by atoms with Crippen LogP contribution in [-0.4, -0.2) is 51.1 Å². The van der Waals surface area contributed by atoms with E-state index in [4.69, 9.17) is 11.2 Å². The van der Waals surface area contributed by atoms with Gasteiger partial charge in [-0.05, 0) is 0 Å². The number of aryl methyl sites for hydroxylation is 1. The van der Waals surface area contributed by atoms with Crippen molar-refractivity contribution in [2.45, 2.75) is 0 Å². The molecule has 0 spiro atoms. The highest BCUT2D eigenvalue weighted by Gasteiger charge is 2.25. The summed E-state index contributed by atoms with van der Waals surface area (Å²) in [7, 11) is 1.64. The zero-order valence-corrected chi connectivity index (χ0v) is 14.8. The predicted octanol–water partition coefficient (Wildman–Crippen LogP) is 0.626. The van der Waals surface area contributed by atoms with E-state index in [0.717, 1.165) is 12.1 Å². The van der Waals surface area contributed by atoms with E-state index < -0.39 is 17.2 Å². The second-order valence-corrected chi connectivity index (χ2v) is 6.20. The van der Waals surface area contributed by atoms with Crippen LogP contribution in [0.25, 0.3) is 11.2 Å². The fourth-order valence-corrected chi connectivity index (χ4v) is 3.18. The number of nitrogens with zero attached hydrogens (tertiary/aromatic N) is 6. The zero-order chi connectivity index (χ0) is 19.8. The van der Waals surface area contributed by atoms with Crippen molar-refractivity contribution in [1.29, 1.82) is 0 Å². The van der Waals surface area contributed by atoms with Gasteiger partial charge in [0.1, 0.15) is 17.5 Å². The molecule has 3 heterocycles. The second kappa shape index (κ2) is 6.80. The molecule has 11 heteroatoms. The molecular formula is C17H15F2N7O2. The maximum atomic E-state index is 14.4. The fourth-order valence-electron chi connectivity index (χ4n) is 3.18. The number of halogens is 2. The van der Waals surface area contributed by atoms with E-state index in [1.165, 1.54) is 4.68 Å². The van der Waals surface area contributed by atoms with Crippen molar-refractivity contribution in [3.05, 3.63) is 34.1 Å². The first kappa shape index (κ1) is 17.7. The van der Waals surface area contributed by atoms with Crippen LogP contribution in [0.15, 0.2) is 16.9 Å². The summed E-state index contributed by atoms with van der Waals surface area (Å²) >= 11 is 0. The highest BCUT2D eigenvalue weighted by molar-refractivity contribution is 5.69. The van der Waals surface area contributed by atoms with Crippen LogP contribution in [-0.2, 0) is 7.05 Å². The topological polar surface area (TPSA) is 92.2 Å². The molecule has 2 aromatic heterocycles. The van der Waals surface area contributed by atoms with Crippen LogP contribution < -0.4 is 20.1 Å². The van der Waals surface area contributed by atoms with Crippen LogP contribution >= 0.6 is 0 Å². The van der Waals surface area contributed by atoms with E-state index >= 15 is 0 Å². The number of aromatic amines is 1. The molecule has 0 radical (unpaired) electrons. The highest BCUT2D eigenvalue weighted by Crippen LogP contribution is 2.29. The minimum Gasteiger partial charge on any atom is -0.408 e. The minimum atomic E-state index is -0.757. The standard InChI is InChI=1S/C17H15F2N7O2/c1-3-28-10-8-11(18)14(12(19)9-10)25-4-6-26(7-5-25)17-20-15-13(16(27)21-17)22-23-24(15)2/h1,8-9H,4-7H2,2H3,(H,20,21,27). The van der Waals surface area contributed by atoms with Gasteiger partial charge in [-0.25, -0.2) is 13.5 Å². The molecule has 4 rings (SSSR count). The van der Waals surface area contributed by atoms with Crippen LogP contribution in [0, 0.1) is 24.2 Å². The van der Waals surface area contributed by atoms with Crippen molar-refractivity contribution < 1.29 is 13.5 Å². The average molecular weight is 387 g/mol. The summed E-state index contributed by atoms with van der Waals surface area (Å²) in [5, 5.41) is 7.56. The first-order valence-corrected chi connectivity index (χ1v) is 8.39. The lowest BCUT2D eigenvalue weighted by Gasteiger charge is -2.36. The van der Waals surface area contributed by atoms with Gasteiger partial charge in [-0.2, -0.15) is 4.98 Å². The van der Waals surface area contributed by atoms with Crippen molar-refractivity contribution in [1.82, 2.24) is 25.0 Å². The van der Waals surface area contributed by atoms with Gasteiger partial charge >= 0.3 is 0 Å². The first-order valence-electron chi connectivity index (χ1n) is 8.39. The van der Waals surface area contributed by atoms with Gasteiger partial charge in [-0.1, -0.05) is 11.6 Å². The summed E-state index contributed by atoms with van der Waals surface area (Å²) in [6.07, 6.45) is 6.87. The Hall–Kier alpha value is -3.68. The lowest BCUT2D eigenvalue weighted by atomic mass is 10.2. The van der Waals surface area contributed by atoms with Crippen LogP contribution in [0.3, 0.4) is 0 Å². The predicted molar refractivity (Wildman–Crippen MR) is 97.2 cm³/mol. The Morgan fingerprint density at radius 2 is 1.82 bits per heavy atom. The lowest BCUT2D eigenvalue weighted by Crippen LogP contribution is -2.48. The third kappa shape index (κ3) is 2.98. The van der Waals surface area contributed by atoms with E-state index in [9.17, 15) is 13.6 Å². The van der Waals surface area contributed by atoms with Crippen molar-refractivity contribution >= 4 is 22.8 Å². The monoisotopic (exact) mass is 387 g/mol. The van der Waals surface area contributed by atoms with Gasteiger partial charge in [0.25, 0.3) is 5.56 Å². The van der Waals surface area contributed by atoms with Crippen LogP contribution in [0.2, 0.25) is 0 Å². The molecule has 1 aliphatic rings. The van der Waals surface area contributed by atoms with Crippen LogP contribution in [0.1, 0.15) is 0 Å². The third-order valence-electron chi connectivity index (χ3n) is 4.51. The fraction of sp³-hybridized carbons (Fsp3) is 0.294. The van der Waals surface area contributed by atoms with Crippen LogP contribution in [0.5, 0.6) is 5.75 Å². The molecule has 0 atom stereocenters. The third-order valence-corrected chi connectivity index (χ3v) is 4.51. The number of hydrogen-bond donors (Lipinski definition) is 1. The quantitative estimate of drug-likeness (QED) is 0.659. The van der Waals surface area contributed by atoms with Gasteiger partial charge in [-0.15, -0.1) is 5.10 Å². The number of benzene rings is 1. The Bertz CT molecular complexity index is 1120. The molecule has 28 heavy (non-hydrogen) atoms. The van der Waals surface area contributed by atoms with Gasteiger partial charge < -0.3 is 14.5 Å². The Balaban J connectivity index is 1.55. The van der Waals surface area contributed by atoms with E-state index in [2.05, 4.69) is 20.3 Å². The Kier molecular flexibility index (Phi) is 4.31. The molecule has 0 amide bonds. The largest absolute Gasteiger partial charge is 0.408 e. The van der Waals surface area contributed by atoms with Gasteiger partial charge in [-0.3, -0.25) is 9.78 Å². The summed E-state index contributed by atoms with van der Waals surface area (Å²) in [6.45, 7) is 1.46. The molecule has 0 unspecified atom stereocenters.